The minimum Gasteiger partial charge on any atom is -0.248 e. The van der Waals surface area contributed by atoms with Crippen LogP contribution >= 0.6 is 0 Å². The molecule has 0 aliphatic carbocycles. The van der Waals surface area contributed by atoms with Gasteiger partial charge in [-0.05, 0) is 25.8 Å². The summed E-state index contributed by atoms with van der Waals surface area (Å²) in [6, 6.07) is 1.81. The van der Waals surface area contributed by atoms with Crippen LogP contribution in [0.15, 0.2) is 18.5 Å². The first-order valence-electron chi connectivity index (χ1n) is 5.19. The number of aromatic nitrogens is 2. The molecule has 0 spiro atoms. The normalized spacial score (nSPS) is 12.7. The molecule has 1 aromatic rings. The molecule has 0 aliphatic heterocycles. The van der Waals surface area contributed by atoms with Gasteiger partial charge in [-0.1, -0.05) is 12.8 Å². The zero-order valence-electron chi connectivity index (χ0n) is 8.62. The Bertz CT molecular complexity index is 236. The Morgan fingerprint density at radius 2 is 1.93 bits per heavy atom. The van der Waals surface area contributed by atoms with Crippen LogP contribution < -0.4 is 0 Å². The van der Waals surface area contributed by atoms with Gasteiger partial charge in [0.1, 0.15) is 5.82 Å². The molecule has 3 heteroatoms. The Kier molecular flexibility index (Phi) is 5.12. The Balaban J connectivity index is 2.05. The number of unbranched alkanes of at least 4 members (excludes halogenated alkanes) is 2. The average molecular weight is 196 g/mol. The van der Waals surface area contributed by atoms with E-state index in [-0.39, 0.29) is 0 Å². The van der Waals surface area contributed by atoms with Gasteiger partial charge in [0.25, 0.3) is 0 Å². The second kappa shape index (κ2) is 6.46. The van der Waals surface area contributed by atoms with Crippen LogP contribution in [-0.2, 0) is 6.42 Å². The van der Waals surface area contributed by atoms with Crippen LogP contribution in [0.1, 0.15) is 38.4 Å². The van der Waals surface area contributed by atoms with E-state index in [2.05, 4.69) is 9.97 Å². The molecule has 14 heavy (non-hydrogen) atoms. The summed E-state index contributed by atoms with van der Waals surface area (Å²) in [4.78, 5) is 8.25. The molecular formula is C11H17FN2. The number of hydrogen-bond acceptors (Lipinski definition) is 2. The molecule has 1 rings (SSSR count). The van der Waals surface area contributed by atoms with Crippen molar-refractivity contribution in [1.29, 1.82) is 0 Å². The molecular weight excluding hydrogens is 179 g/mol. The molecule has 78 valence electrons. The molecule has 0 saturated heterocycles. The maximum atomic E-state index is 12.4. The lowest BCUT2D eigenvalue weighted by molar-refractivity contribution is 0.330. The van der Waals surface area contributed by atoms with Crippen molar-refractivity contribution < 1.29 is 4.39 Å². The van der Waals surface area contributed by atoms with Crippen molar-refractivity contribution in [3.05, 3.63) is 24.3 Å². The first kappa shape index (κ1) is 11.1. The highest BCUT2D eigenvalue weighted by molar-refractivity contribution is 4.88. The predicted molar refractivity (Wildman–Crippen MR) is 54.8 cm³/mol. The highest BCUT2D eigenvalue weighted by atomic mass is 19.1. The maximum Gasteiger partial charge on any atom is 0.128 e. The van der Waals surface area contributed by atoms with E-state index in [1.807, 2.05) is 6.07 Å². The number of rotatable bonds is 6. The van der Waals surface area contributed by atoms with E-state index < -0.39 is 6.17 Å². The minimum atomic E-state index is -0.664. The number of aryl methyl sites for hydroxylation is 1. The van der Waals surface area contributed by atoms with Crippen LogP contribution in [0, 0.1) is 0 Å². The molecule has 1 atom stereocenters. The monoisotopic (exact) mass is 196 g/mol. The Labute approximate surface area is 84.6 Å². The number of alkyl halides is 1. The average Bonchev–Trinajstić information content (AvgIpc) is 2.18. The molecule has 0 aromatic carbocycles. The molecule has 0 bridgehead atoms. The highest BCUT2D eigenvalue weighted by Crippen LogP contribution is 2.07. The molecule has 0 fully saturated rings. The summed E-state index contributed by atoms with van der Waals surface area (Å²) in [5.74, 6) is 0.890. The van der Waals surface area contributed by atoms with Gasteiger partial charge in [-0.2, -0.15) is 0 Å². The smallest absolute Gasteiger partial charge is 0.128 e. The number of nitrogens with zero attached hydrogens (tertiary/aromatic N) is 2. The summed E-state index contributed by atoms with van der Waals surface area (Å²) in [6.45, 7) is 1.61. The summed E-state index contributed by atoms with van der Waals surface area (Å²) < 4.78 is 12.4. The second-order valence-electron chi connectivity index (χ2n) is 3.55. The summed E-state index contributed by atoms with van der Waals surface area (Å²) in [5, 5.41) is 0. The molecule has 1 aromatic heterocycles. The molecule has 0 radical (unpaired) electrons. The van der Waals surface area contributed by atoms with E-state index in [0.717, 1.165) is 31.5 Å². The van der Waals surface area contributed by atoms with Gasteiger partial charge < -0.3 is 0 Å². The fraction of sp³-hybridized carbons (Fsp3) is 0.636. The van der Waals surface area contributed by atoms with Gasteiger partial charge >= 0.3 is 0 Å². The quantitative estimate of drug-likeness (QED) is 0.654. The van der Waals surface area contributed by atoms with Gasteiger partial charge in [-0.3, -0.25) is 0 Å². The van der Waals surface area contributed by atoms with E-state index in [1.54, 1.807) is 19.3 Å². The van der Waals surface area contributed by atoms with Crippen molar-refractivity contribution in [2.45, 2.75) is 45.2 Å². The third-order valence-corrected chi connectivity index (χ3v) is 2.12. The van der Waals surface area contributed by atoms with E-state index in [1.165, 1.54) is 0 Å². The lowest BCUT2D eigenvalue weighted by atomic mass is 10.1. The zero-order valence-corrected chi connectivity index (χ0v) is 8.62. The van der Waals surface area contributed by atoms with Crippen LogP contribution in [0.5, 0.6) is 0 Å². The van der Waals surface area contributed by atoms with Crippen molar-refractivity contribution in [3.63, 3.8) is 0 Å². The van der Waals surface area contributed by atoms with Crippen molar-refractivity contribution in [2.75, 3.05) is 0 Å². The van der Waals surface area contributed by atoms with Crippen LogP contribution in [0.3, 0.4) is 0 Å². The van der Waals surface area contributed by atoms with Gasteiger partial charge in [0.05, 0.1) is 6.17 Å². The first-order valence-corrected chi connectivity index (χ1v) is 5.19. The highest BCUT2D eigenvalue weighted by Gasteiger charge is 1.98. The lowest BCUT2D eigenvalue weighted by Gasteiger charge is -2.01. The van der Waals surface area contributed by atoms with Crippen molar-refractivity contribution in [3.8, 4) is 0 Å². The van der Waals surface area contributed by atoms with Crippen LogP contribution in [0.4, 0.5) is 4.39 Å². The molecule has 1 heterocycles. The summed E-state index contributed by atoms with van der Waals surface area (Å²) in [7, 11) is 0. The number of halogens is 1. The van der Waals surface area contributed by atoms with Gasteiger partial charge in [-0.15, -0.1) is 0 Å². The van der Waals surface area contributed by atoms with Gasteiger partial charge in [-0.25, -0.2) is 14.4 Å². The van der Waals surface area contributed by atoms with Gasteiger partial charge in [0.2, 0.25) is 0 Å². The molecule has 2 nitrogen and oxygen atoms in total. The van der Waals surface area contributed by atoms with E-state index in [4.69, 9.17) is 0 Å². The summed E-state index contributed by atoms with van der Waals surface area (Å²) >= 11 is 0. The lowest BCUT2D eigenvalue weighted by Crippen LogP contribution is -1.95. The number of hydrogen-bond donors (Lipinski definition) is 0. The standard InChI is InChI=1S/C11H17FN2/c1-10(12)6-3-2-4-7-11-13-8-5-9-14-11/h5,8-10H,2-4,6-7H2,1H3. The third kappa shape index (κ3) is 4.90. The van der Waals surface area contributed by atoms with Crippen LogP contribution in [0.2, 0.25) is 0 Å². The van der Waals surface area contributed by atoms with Crippen molar-refractivity contribution in [2.24, 2.45) is 0 Å². The van der Waals surface area contributed by atoms with Crippen LogP contribution in [0.25, 0.3) is 0 Å². The molecule has 0 aliphatic rings. The van der Waals surface area contributed by atoms with Gasteiger partial charge in [0.15, 0.2) is 0 Å². The van der Waals surface area contributed by atoms with E-state index >= 15 is 0 Å². The fourth-order valence-electron chi connectivity index (χ4n) is 1.34. The van der Waals surface area contributed by atoms with E-state index in [0.29, 0.717) is 6.42 Å². The minimum absolute atomic E-state index is 0.664. The Morgan fingerprint density at radius 3 is 2.57 bits per heavy atom. The SMILES string of the molecule is CC(F)CCCCCc1ncccn1. The van der Waals surface area contributed by atoms with Crippen LogP contribution in [-0.4, -0.2) is 16.1 Å². The maximum absolute atomic E-state index is 12.4. The fourth-order valence-corrected chi connectivity index (χ4v) is 1.34. The topological polar surface area (TPSA) is 25.8 Å². The largest absolute Gasteiger partial charge is 0.248 e. The van der Waals surface area contributed by atoms with E-state index in [9.17, 15) is 4.39 Å². The van der Waals surface area contributed by atoms with Gasteiger partial charge in [0, 0.05) is 18.8 Å². The zero-order chi connectivity index (χ0) is 10.2. The van der Waals surface area contributed by atoms with Crippen molar-refractivity contribution in [1.82, 2.24) is 9.97 Å². The Hall–Kier alpha value is -0.990. The summed E-state index contributed by atoms with van der Waals surface area (Å²) in [6.07, 6.45) is 7.51. The first-order chi connectivity index (χ1) is 6.79. The summed E-state index contributed by atoms with van der Waals surface area (Å²) in [5.41, 5.74) is 0. The predicted octanol–water partition coefficient (Wildman–Crippen LogP) is 2.94. The molecule has 1 unspecified atom stereocenters. The molecule has 0 N–H and O–H groups in total. The molecule has 0 saturated carbocycles. The third-order valence-electron chi connectivity index (χ3n) is 2.12. The van der Waals surface area contributed by atoms with Crippen molar-refractivity contribution >= 4 is 0 Å². The second-order valence-corrected chi connectivity index (χ2v) is 3.55. The Morgan fingerprint density at radius 1 is 1.21 bits per heavy atom. The molecule has 0 amide bonds.